The maximum atomic E-state index is 13.8. The Morgan fingerprint density at radius 3 is 1.85 bits per heavy atom. The van der Waals surface area contributed by atoms with Gasteiger partial charge in [-0.15, -0.1) is 11.3 Å². The summed E-state index contributed by atoms with van der Waals surface area (Å²) in [7, 11) is 2.49. The van der Waals surface area contributed by atoms with Crippen LogP contribution in [0.15, 0.2) is 90.6 Å². The van der Waals surface area contributed by atoms with Crippen molar-refractivity contribution in [1.82, 2.24) is 40.4 Å². The Morgan fingerprint density at radius 1 is 0.733 bits per heavy atom. The number of aliphatic hydroxyl groups is 1. The van der Waals surface area contributed by atoms with Crippen LogP contribution in [-0.2, 0) is 19.1 Å². The molecule has 0 aliphatic carbocycles. The summed E-state index contributed by atoms with van der Waals surface area (Å²) in [6.07, 6.45) is 4.06. The Hall–Kier alpha value is -6.52. The van der Waals surface area contributed by atoms with Crippen molar-refractivity contribution in [2.24, 2.45) is 0 Å². The van der Waals surface area contributed by atoms with Gasteiger partial charge >= 0.3 is 12.2 Å². The summed E-state index contributed by atoms with van der Waals surface area (Å²) in [5.74, 6) is 0.762. The molecule has 3 aromatic heterocycles. The molecule has 0 radical (unpaired) electrons. The lowest BCUT2D eigenvalue weighted by molar-refractivity contribution is -0.137. The fourth-order valence-corrected chi connectivity index (χ4v) is 8.94. The van der Waals surface area contributed by atoms with Crippen molar-refractivity contribution in [2.45, 2.75) is 62.9 Å². The van der Waals surface area contributed by atoms with Gasteiger partial charge in [0.1, 0.15) is 23.7 Å². The summed E-state index contributed by atoms with van der Waals surface area (Å²) in [6, 6.07) is 22.0. The van der Waals surface area contributed by atoms with E-state index in [-0.39, 0.29) is 23.9 Å². The van der Waals surface area contributed by atoms with Gasteiger partial charge in [0.2, 0.25) is 5.91 Å². The van der Waals surface area contributed by atoms with Crippen molar-refractivity contribution in [3.05, 3.63) is 107 Å². The summed E-state index contributed by atoms with van der Waals surface area (Å²) in [5.41, 5.74) is 5.71. The van der Waals surface area contributed by atoms with E-state index in [2.05, 4.69) is 84.9 Å². The molecule has 8 rings (SSSR count). The van der Waals surface area contributed by atoms with Crippen molar-refractivity contribution in [3.8, 4) is 33.6 Å². The number of carbonyl (C=O) groups excluding carboxylic acids is 4. The minimum atomic E-state index is -1.13. The van der Waals surface area contributed by atoms with E-state index in [0.29, 0.717) is 31.2 Å². The zero-order valence-electron chi connectivity index (χ0n) is 33.4. The number of amides is 4. The van der Waals surface area contributed by atoms with E-state index < -0.39 is 30.4 Å². The summed E-state index contributed by atoms with van der Waals surface area (Å²) in [6.45, 7) is 2.50. The molecule has 60 heavy (non-hydrogen) atoms. The number of imidazole rings is 2. The van der Waals surface area contributed by atoms with Crippen molar-refractivity contribution in [2.75, 3.05) is 27.3 Å². The number of alkyl carbamates (subject to hydrolysis) is 2. The third kappa shape index (κ3) is 8.20. The molecule has 3 aromatic carbocycles. The van der Waals surface area contributed by atoms with Crippen LogP contribution in [0.3, 0.4) is 0 Å². The van der Waals surface area contributed by atoms with Gasteiger partial charge in [0.15, 0.2) is 0 Å². The number of H-pyrrole nitrogens is 2. The number of hydrogen-bond donors (Lipinski definition) is 5. The van der Waals surface area contributed by atoms with Crippen molar-refractivity contribution in [1.29, 1.82) is 0 Å². The number of thiophene rings is 1. The predicted molar refractivity (Wildman–Crippen MR) is 226 cm³/mol. The van der Waals surface area contributed by atoms with Gasteiger partial charge in [-0.2, -0.15) is 0 Å². The first-order valence-corrected chi connectivity index (χ1v) is 20.8. The third-order valence-corrected chi connectivity index (χ3v) is 12.2. The molecule has 2 aliphatic rings. The number of methoxy groups -OCH3 is 2. The number of nitrogens with zero attached hydrogens (tertiary/aromatic N) is 4. The van der Waals surface area contributed by atoms with Crippen LogP contribution in [0.1, 0.15) is 67.3 Å². The summed E-state index contributed by atoms with van der Waals surface area (Å²) < 4.78 is 9.47. The van der Waals surface area contributed by atoms with Crippen LogP contribution < -0.4 is 10.6 Å². The van der Waals surface area contributed by atoms with Gasteiger partial charge in [0, 0.05) is 23.5 Å². The van der Waals surface area contributed by atoms with Crippen LogP contribution in [0.4, 0.5) is 9.59 Å². The van der Waals surface area contributed by atoms with Crippen LogP contribution in [0.5, 0.6) is 0 Å². The Kier molecular flexibility index (Phi) is 11.7. The number of likely N-dealkylation sites (tertiary alicyclic amines) is 2. The number of fused-ring (bicyclic) bond motifs is 1. The number of ether oxygens (including phenoxy) is 2. The molecular weight excluding hydrogens is 785 g/mol. The lowest BCUT2D eigenvalue weighted by atomic mass is 9.98. The number of aromatic nitrogens is 4. The first-order chi connectivity index (χ1) is 29.1. The number of aliphatic hydroxyl groups excluding tert-OH is 1. The molecule has 310 valence electrons. The van der Waals surface area contributed by atoms with Gasteiger partial charge in [-0.3, -0.25) is 9.59 Å². The lowest BCUT2D eigenvalue weighted by Crippen LogP contribution is -2.53. The molecule has 5 atom stereocenters. The number of hydrogen-bond acceptors (Lipinski definition) is 10. The molecule has 15 nitrogen and oxygen atoms in total. The molecule has 5 heterocycles. The summed E-state index contributed by atoms with van der Waals surface area (Å²) >= 11 is 1.41. The minimum Gasteiger partial charge on any atom is -0.453 e. The van der Waals surface area contributed by atoms with Gasteiger partial charge in [0.05, 0.1) is 56.2 Å². The zero-order chi connectivity index (χ0) is 41.9. The van der Waals surface area contributed by atoms with E-state index >= 15 is 0 Å². The SMILES string of the molecule is COC(=O)N[C@H](C(=O)N1CCC[C@H]1c1ncc(-c2ccc3cc(-c4ccc(-c5cnc([C@@H]6CCCN6C(=O)[C@H](NC(=O)OC)c6cccs6)[nH]5)cc4)ccc3c2)[nH]1)[C@@H](C)O. The van der Waals surface area contributed by atoms with Crippen LogP contribution in [-0.4, -0.2) is 98.3 Å². The highest BCUT2D eigenvalue weighted by atomic mass is 32.1. The molecule has 0 saturated carbocycles. The molecule has 0 bridgehead atoms. The highest BCUT2D eigenvalue weighted by Gasteiger charge is 2.39. The van der Waals surface area contributed by atoms with E-state index in [0.717, 1.165) is 68.6 Å². The molecule has 0 spiro atoms. The molecule has 2 aliphatic heterocycles. The molecule has 2 saturated heterocycles. The van der Waals surface area contributed by atoms with E-state index in [1.54, 1.807) is 22.2 Å². The molecule has 4 amide bonds. The maximum absolute atomic E-state index is 13.8. The number of rotatable bonds is 11. The summed E-state index contributed by atoms with van der Waals surface area (Å²) in [4.78, 5) is 71.7. The average Bonchev–Trinajstić information content (AvgIpc) is 4.13. The van der Waals surface area contributed by atoms with Gasteiger partial charge in [0.25, 0.3) is 5.91 Å². The topological polar surface area (TPSA) is 195 Å². The second-order valence-corrected chi connectivity index (χ2v) is 16.0. The van der Waals surface area contributed by atoms with Crippen LogP contribution in [0.25, 0.3) is 44.4 Å². The van der Waals surface area contributed by atoms with E-state index in [1.165, 1.54) is 32.5 Å². The fourth-order valence-electron chi connectivity index (χ4n) is 8.18. The molecule has 5 N–H and O–H groups in total. The number of aromatic amines is 2. The van der Waals surface area contributed by atoms with Crippen molar-refractivity contribution >= 4 is 46.1 Å². The van der Waals surface area contributed by atoms with Gasteiger partial charge < -0.3 is 45.0 Å². The van der Waals surface area contributed by atoms with Crippen LogP contribution in [0, 0.1) is 0 Å². The standard InChI is InChI=1S/C44H46N8O7S/c1-25(53)37(49-43(56)58-2)41(54)51-18-4-7-34(51)40-46-24-33(48-40)31-17-16-29-21-28(14-15-30(29)22-31)26-10-12-27(13-11-26)32-23-45-39(47-32)35-8-5-19-52(35)42(55)38(50-44(57)59-3)36-9-6-20-60-36/h6,9-17,20-25,34-35,37-38,53H,4-5,7-8,18-19H2,1-3H3,(H,45,47)(H,46,48)(H,49,56)(H,50,57)/t25-,34+,35+,37+,38-/m1/s1. The number of carbonyl (C=O) groups is 4. The largest absolute Gasteiger partial charge is 0.453 e. The quantitative estimate of drug-likeness (QED) is 0.0926. The van der Waals surface area contributed by atoms with E-state index in [4.69, 9.17) is 9.72 Å². The molecule has 0 unspecified atom stereocenters. The first-order valence-electron chi connectivity index (χ1n) is 19.9. The highest BCUT2D eigenvalue weighted by Crippen LogP contribution is 2.36. The Bertz CT molecular complexity index is 2500. The number of benzene rings is 3. The molecule has 6 aromatic rings. The normalized spacial score (nSPS) is 17.9. The lowest BCUT2D eigenvalue weighted by Gasteiger charge is -2.29. The Morgan fingerprint density at radius 2 is 1.27 bits per heavy atom. The van der Waals surface area contributed by atoms with Crippen molar-refractivity contribution < 1.29 is 33.8 Å². The third-order valence-electron chi connectivity index (χ3n) is 11.3. The summed E-state index contributed by atoms with van der Waals surface area (Å²) in [5, 5.41) is 19.4. The molecule has 16 heteroatoms. The average molecular weight is 831 g/mol. The maximum Gasteiger partial charge on any atom is 0.407 e. The first kappa shape index (κ1) is 40.3. The second-order valence-electron chi connectivity index (χ2n) is 15.0. The van der Waals surface area contributed by atoms with Crippen molar-refractivity contribution in [3.63, 3.8) is 0 Å². The monoisotopic (exact) mass is 830 g/mol. The van der Waals surface area contributed by atoms with Gasteiger partial charge in [-0.1, -0.05) is 54.6 Å². The van der Waals surface area contributed by atoms with Gasteiger partial charge in [-0.25, -0.2) is 19.6 Å². The van der Waals surface area contributed by atoms with Crippen LogP contribution >= 0.6 is 11.3 Å². The minimum absolute atomic E-state index is 0.198. The van der Waals surface area contributed by atoms with Crippen LogP contribution in [0.2, 0.25) is 0 Å². The Balaban J connectivity index is 0.941. The fraction of sp³-hybridized carbons (Fsp3) is 0.318. The predicted octanol–water partition coefficient (Wildman–Crippen LogP) is 6.88. The Labute approximate surface area is 350 Å². The second kappa shape index (κ2) is 17.4. The zero-order valence-corrected chi connectivity index (χ0v) is 34.2. The van der Waals surface area contributed by atoms with Gasteiger partial charge in [-0.05, 0) is 83.6 Å². The number of nitrogens with one attached hydrogen (secondary N) is 4. The van der Waals surface area contributed by atoms with E-state index in [1.807, 2.05) is 23.6 Å². The highest BCUT2D eigenvalue weighted by molar-refractivity contribution is 7.10. The molecular formula is C44H46N8O7S. The molecule has 2 fully saturated rings. The van der Waals surface area contributed by atoms with E-state index in [9.17, 15) is 24.3 Å². The smallest absolute Gasteiger partial charge is 0.407 e.